The number of amides is 2. The number of nitrogens with one attached hydrogen (secondary N) is 1. The van der Waals surface area contributed by atoms with Gasteiger partial charge in [-0.1, -0.05) is 0 Å². The summed E-state index contributed by atoms with van der Waals surface area (Å²) in [5.41, 5.74) is -1.37. The van der Waals surface area contributed by atoms with E-state index in [0.29, 0.717) is 18.7 Å². The highest BCUT2D eigenvalue weighted by atomic mass is 19.1. The Hall–Kier alpha value is -2.57. The van der Waals surface area contributed by atoms with Crippen LogP contribution in [0.4, 0.5) is 4.39 Å². The molecule has 1 N–H and O–H groups in total. The largest absolute Gasteiger partial charge is 0.294 e. The van der Waals surface area contributed by atoms with Crippen LogP contribution in [0.5, 0.6) is 0 Å². The van der Waals surface area contributed by atoms with Crippen molar-refractivity contribution in [2.75, 3.05) is 0 Å². The van der Waals surface area contributed by atoms with Crippen molar-refractivity contribution in [2.24, 2.45) is 0 Å². The molecule has 1 aliphatic rings. The average Bonchev–Trinajstić information content (AvgIpc) is 2.58. The van der Waals surface area contributed by atoms with E-state index < -0.39 is 22.8 Å². The molecule has 120 valence electrons. The Labute approximate surface area is 131 Å². The van der Waals surface area contributed by atoms with Crippen molar-refractivity contribution < 1.29 is 14.0 Å². The van der Waals surface area contributed by atoms with Gasteiger partial charge in [-0.25, -0.2) is 9.37 Å². The number of carbonyl (C=O) groups is 2. The van der Waals surface area contributed by atoms with E-state index in [4.69, 9.17) is 0 Å². The molecule has 23 heavy (non-hydrogen) atoms. The average molecular weight is 317 g/mol. The Morgan fingerprint density at radius 1 is 1.30 bits per heavy atom. The highest BCUT2D eigenvalue weighted by molar-refractivity contribution is 5.99. The first kappa shape index (κ1) is 15.3. The summed E-state index contributed by atoms with van der Waals surface area (Å²) in [5.74, 6) is -1.04. The lowest BCUT2D eigenvalue weighted by Gasteiger charge is -2.30. The summed E-state index contributed by atoms with van der Waals surface area (Å²) in [6.45, 7) is 3.21. The van der Waals surface area contributed by atoms with Crippen LogP contribution < -0.4 is 10.9 Å². The third-order valence-electron chi connectivity index (χ3n) is 4.30. The fraction of sp³-hybridized carbons (Fsp3) is 0.375. The number of carbonyl (C=O) groups excluding carboxylic acids is 2. The fourth-order valence-electron chi connectivity index (χ4n) is 3.09. The van der Waals surface area contributed by atoms with E-state index in [2.05, 4.69) is 10.3 Å². The van der Waals surface area contributed by atoms with E-state index in [1.807, 2.05) is 0 Å². The number of hydrogen-bond acceptors (Lipinski definition) is 4. The van der Waals surface area contributed by atoms with Gasteiger partial charge in [-0.05, 0) is 38.8 Å². The van der Waals surface area contributed by atoms with Crippen molar-refractivity contribution in [1.29, 1.82) is 0 Å². The van der Waals surface area contributed by atoms with E-state index in [1.165, 1.54) is 22.8 Å². The molecule has 1 aromatic carbocycles. The number of nitrogens with zero attached hydrogens (tertiary/aromatic N) is 2. The number of halogens is 1. The maximum absolute atomic E-state index is 13.3. The maximum Gasteiger partial charge on any atom is 0.262 e. The van der Waals surface area contributed by atoms with Gasteiger partial charge in [-0.2, -0.15) is 0 Å². The van der Waals surface area contributed by atoms with Crippen LogP contribution in [-0.2, 0) is 15.1 Å². The second-order valence-corrected chi connectivity index (χ2v) is 5.97. The molecule has 2 aromatic rings. The molecule has 0 radical (unpaired) electrons. The molecule has 0 bridgehead atoms. The molecule has 1 atom stereocenters. The van der Waals surface area contributed by atoms with Gasteiger partial charge in [0.05, 0.1) is 10.9 Å². The summed E-state index contributed by atoms with van der Waals surface area (Å²) >= 11 is 0. The molecule has 0 spiro atoms. The lowest BCUT2D eigenvalue weighted by molar-refractivity contribution is -0.134. The number of hydrogen-bond donors (Lipinski definition) is 1. The SMILES string of the molecule is Cc1nc2cc(F)ccc2c(=O)n1C1(C)CCCC(=O)NC1=O. The molecule has 0 aliphatic carbocycles. The lowest BCUT2D eigenvalue weighted by atomic mass is 9.94. The Morgan fingerprint density at radius 2 is 2.04 bits per heavy atom. The molecule has 6 nitrogen and oxygen atoms in total. The lowest BCUT2D eigenvalue weighted by Crippen LogP contribution is -2.51. The number of rotatable bonds is 1. The van der Waals surface area contributed by atoms with Gasteiger partial charge < -0.3 is 0 Å². The highest BCUT2D eigenvalue weighted by Gasteiger charge is 2.40. The van der Waals surface area contributed by atoms with Crippen LogP contribution in [0.15, 0.2) is 23.0 Å². The first-order valence-corrected chi connectivity index (χ1v) is 7.36. The van der Waals surface area contributed by atoms with Gasteiger partial charge in [-0.3, -0.25) is 24.3 Å². The van der Waals surface area contributed by atoms with E-state index in [-0.39, 0.29) is 23.2 Å². The van der Waals surface area contributed by atoms with Crippen molar-refractivity contribution >= 4 is 22.7 Å². The normalized spacial score (nSPS) is 22.0. The number of aryl methyl sites for hydroxylation is 1. The van der Waals surface area contributed by atoms with E-state index in [1.54, 1.807) is 13.8 Å². The number of benzene rings is 1. The zero-order chi connectivity index (χ0) is 16.8. The molecule has 1 fully saturated rings. The fourth-order valence-corrected chi connectivity index (χ4v) is 3.09. The number of imide groups is 1. The van der Waals surface area contributed by atoms with Gasteiger partial charge in [0.15, 0.2) is 0 Å². The zero-order valence-corrected chi connectivity index (χ0v) is 12.9. The Morgan fingerprint density at radius 3 is 2.78 bits per heavy atom. The van der Waals surface area contributed by atoms with E-state index in [9.17, 15) is 18.8 Å². The highest BCUT2D eigenvalue weighted by Crippen LogP contribution is 2.26. The quantitative estimate of drug-likeness (QED) is 0.806. The molecular formula is C16H16FN3O3. The monoisotopic (exact) mass is 317 g/mol. The molecule has 0 saturated carbocycles. The first-order chi connectivity index (χ1) is 10.8. The molecule has 7 heteroatoms. The minimum Gasteiger partial charge on any atom is -0.294 e. The zero-order valence-electron chi connectivity index (χ0n) is 12.9. The summed E-state index contributed by atoms with van der Waals surface area (Å²) in [6.07, 6.45) is 1.07. The van der Waals surface area contributed by atoms with Gasteiger partial charge >= 0.3 is 0 Å². The van der Waals surface area contributed by atoms with Crippen LogP contribution in [0.1, 0.15) is 32.0 Å². The van der Waals surface area contributed by atoms with Gasteiger partial charge in [0, 0.05) is 12.5 Å². The van der Waals surface area contributed by atoms with Gasteiger partial charge in [0.2, 0.25) is 5.91 Å². The van der Waals surface area contributed by atoms with Crippen molar-refractivity contribution in [1.82, 2.24) is 14.9 Å². The molecule has 3 rings (SSSR count). The molecule has 2 amide bonds. The molecule has 1 aliphatic heterocycles. The van der Waals surface area contributed by atoms with Crippen molar-refractivity contribution in [2.45, 2.75) is 38.6 Å². The van der Waals surface area contributed by atoms with Crippen LogP contribution >= 0.6 is 0 Å². The summed E-state index contributed by atoms with van der Waals surface area (Å²) in [6, 6.07) is 3.73. The Bertz CT molecular complexity index is 890. The molecule has 1 saturated heterocycles. The number of fused-ring (bicyclic) bond motifs is 1. The topological polar surface area (TPSA) is 81.1 Å². The van der Waals surface area contributed by atoms with Crippen LogP contribution in [0.3, 0.4) is 0 Å². The Balaban J connectivity index is 2.26. The van der Waals surface area contributed by atoms with Crippen LogP contribution in [0.2, 0.25) is 0 Å². The first-order valence-electron chi connectivity index (χ1n) is 7.36. The summed E-state index contributed by atoms with van der Waals surface area (Å²) in [7, 11) is 0. The maximum atomic E-state index is 13.3. The summed E-state index contributed by atoms with van der Waals surface area (Å²) in [5, 5.41) is 2.55. The summed E-state index contributed by atoms with van der Waals surface area (Å²) in [4.78, 5) is 41.1. The molecule has 1 unspecified atom stereocenters. The summed E-state index contributed by atoms with van der Waals surface area (Å²) < 4.78 is 14.6. The third kappa shape index (κ3) is 2.42. The van der Waals surface area contributed by atoms with Crippen molar-refractivity contribution in [3.8, 4) is 0 Å². The van der Waals surface area contributed by atoms with Gasteiger partial charge in [-0.15, -0.1) is 0 Å². The second kappa shape index (κ2) is 5.26. The van der Waals surface area contributed by atoms with E-state index in [0.717, 1.165) is 0 Å². The molecular weight excluding hydrogens is 301 g/mol. The van der Waals surface area contributed by atoms with E-state index >= 15 is 0 Å². The van der Waals surface area contributed by atoms with Crippen molar-refractivity contribution in [3.63, 3.8) is 0 Å². The van der Waals surface area contributed by atoms with Crippen LogP contribution in [0.25, 0.3) is 10.9 Å². The molecule has 2 heterocycles. The smallest absolute Gasteiger partial charge is 0.262 e. The minimum atomic E-state index is -1.21. The van der Waals surface area contributed by atoms with Crippen LogP contribution in [-0.4, -0.2) is 21.4 Å². The third-order valence-corrected chi connectivity index (χ3v) is 4.30. The number of aromatic nitrogens is 2. The predicted octanol–water partition coefficient (Wildman–Crippen LogP) is 1.39. The standard InChI is InChI=1S/C16H16FN3O3/c1-9-18-12-8-10(17)5-6-11(12)14(22)20(9)16(2)7-3-4-13(21)19-15(16)23/h5-6,8H,3-4,7H2,1-2H3,(H,19,21,23). The Kier molecular flexibility index (Phi) is 3.50. The van der Waals surface area contributed by atoms with Gasteiger partial charge in [0.25, 0.3) is 11.5 Å². The molecule has 1 aromatic heterocycles. The van der Waals surface area contributed by atoms with Crippen LogP contribution in [0, 0.1) is 12.7 Å². The van der Waals surface area contributed by atoms with Gasteiger partial charge in [0.1, 0.15) is 17.2 Å². The van der Waals surface area contributed by atoms with Crippen molar-refractivity contribution in [3.05, 3.63) is 40.2 Å². The predicted molar refractivity (Wildman–Crippen MR) is 81.3 cm³/mol. The second-order valence-electron chi connectivity index (χ2n) is 5.97. The minimum absolute atomic E-state index is 0.237.